The van der Waals surface area contributed by atoms with Crippen molar-refractivity contribution in [1.82, 2.24) is 4.90 Å². The number of hydrogen-bond donors (Lipinski definition) is 0. The van der Waals surface area contributed by atoms with Crippen molar-refractivity contribution in [1.29, 1.82) is 0 Å². The molecular formula is C10H14INO. The second kappa shape index (κ2) is 3.98. The molecule has 0 saturated heterocycles. The summed E-state index contributed by atoms with van der Waals surface area (Å²) < 4.78 is 1.40. The lowest BCUT2D eigenvalue weighted by Gasteiger charge is -2.24. The molecule has 1 fully saturated rings. The van der Waals surface area contributed by atoms with E-state index in [0.717, 1.165) is 31.8 Å². The first-order chi connectivity index (χ1) is 6.25. The molecule has 0 spiro atoms. The molecule has 1 aliphatic heterocycles. The lowest BCUT2D eigenvalue weighted by atomic mass is 10.2. The van der Waals surface area contributed by atoms with E-state index < -0.39 is 0 Å². The summed E-state index contributed by atoms with van der Waals surface area (Å²) in [5.74, 6) is 1.08. The zero-order valence-corrected chi connectivity index (χ0v) is 9.79. The number of amides is 1. The average Bonchev–Trinajstić information content (AvgIpc) is 2.89. The summed E-state index contributed by atoms with van der Waals surface area (Å²) in [6.45, 7) is 1.77. The van der Waals surface area contributed by atoms with Crippen LogP contribution < -0.4 is 0 Å². The first-order valence-corrected chi connectivity index (χ1v) is 5.96. The second-order valence-corrected chi connectivity index (χ2v) is 5.27. The van der Waals surface area contributed by atoms with E-state index in [2.05, 4.69) is 28.7 Å². The van der Waals surface area contributed by atoms with E-state index in [1.165, 1.54) is 16.4 Å². The molecule has 0 aromatic carbocycles. The molecule has 3 heteroatoms. The Labute approximate surface area is 92.5 Å². The highest BCUT2D eigenvalue weighted by atomic mass is 127. The van der Waals surface area contributed by atoms with Gasteiger partial charge >= 0.3 is 0 Å². The van der Waals surface area contributed by atoms with Gasteiger partial charge in [-0.3, -0.25) is 4.79 Å². The van der Waals surface area contributed by atoms with Gasteiger partial charge in [0, 0.05) is 19.5 Å². The molecule has 1 saturated carbocycles. The Hall–Kier alpha value is -0.0600. The molecule has 0 aromatic heterocycles. The third-order valence-corrected chi connectivity index (χ3v) is 3.65. The summed E-state index contributed by atoms with van der Waals surface area (Å²) in [5.41, 5.74) is 0. The maximum Gasteiger partial charge on any atom is 0.223 e. The molecule has 0 unspecified atom stereocenters. The Bertz CT molecular complexity index is 245. The molecule has 0 aromatic rings. The number of hydrogen-bond acceptors (Lipinski definition) is 1. The number of halogens is 1. The number of nitrogens with zero attached hydrogens (tertiary/aromatic N) is 1. The van der Waals surface area contributed by atoms with Crippen LogP contribution in [0.15, 0.2) is 9.66 Å². The first-order valence-electron chi connectivity index (χ1n) is 4.88. The van der Waals surface area contributed by atoms with Crippen LogP contribution in [-0.2, 0) is 4.79 Å². The van der Waals surface area contributed by atoms with E-state index in [9.17, 15) is 4.79 Å². The van der Waals surface area contributed by atoms with Crippen LogP contribution in [0.4, 0.5) is 0 Å². The third kappa shape index (κ3) is 2.69. The normalized spacial score (nSPS) is 22.8. The zero-order valence-electron chi connectivity index (χ0n) is 7.63. The highest BCUT2D eigenvalue weighted by molar-refractivity contribution is 14.1. The van der Waals surface area contributed by atoms with E-state index in [1.54, 1.807) is 0 Å². The summed E-state index contributed by atoms with van der Waals surface area (Å²) in [6, 6.07) is 0. The van der Waals surface area contributed by atoms with Gasteiger partial charge in [0.1, 0.15) is 0 Å². The van der Waals surface area contributed by atoms with Crippen LogP contribution in [0.3, 0.4) is 0 Å². The van der Waals surface area contributed by atoms with Gasteiger partial charge in [-0.05, 0) is 51.4 Å². The zero-order chi connectivity index (χ0) is 9.26. The number of carbonyl (C=O) groups excluding carboxylic acids is 1. The summed E-state index contributed by atoms with van der Waals surface area (Å²) >= 11 is 2.35. The Morgan fingerprint density at radius 2 is 2.38 bits per heavy atom. The van der Waals surface area contributed by atoms with Crippen molar-refractivity contribution >= 4 is 28.5 Å². The minimum atomic E-state index is 0.364. The highest BCUT2D eigenvalue weighted by Gasteiger charge is 2.27. The molecule has 1 heterocycles. The molecule has 1 amide bonds. The molecule has 2 rings (SSSR count). The van der Waals surface area contributed by atoms with E-state index in [4.69, 9.17) is 0 Å². The van der Waals surface area contributed by atoms with Gasteiger partial charge in [0.15, 0.2) is 0 Å². The number of carbonyl (C=O) groups is 1. The van der Waals surface area contributed by atoms with Crippen LogP contribution in [0.5, 0.6) is 0 Å². The van der Waals surface area contributed by atoms with Gasteiger partial charge in [-0.1, -0.05) is 6.08 Å². The van der Waals surface area contributed by atoms with E-state index >= 15 is 0 Å². The minimum absolute atomic E-state index is 0.364. The fraction of sp³-hybridized carbons (Fsp3) is 0.700. The topological polar surface area (TPSA) is 20.3 Å². The lowest BCUT2D eigenvalue weighted by molar-refractivity contribution is -0.131. The number of rotatable bonds is 2. The summed E-state index contributed by atoms with van der Waals surface area (Å²) in [7, 11) is 0. The molecule has 1 aliphatic carbocycles. The highest BCUT2D eigenvalue weighted by Crippen LogP contribution is 2.33. The second-order valence-electron chi connectivity index (χ2n) is 3.89. The summed E-state index contributed by atoms with van der Waals surface area (Å²) in [6.07, 6.45) is 6.55. The van der Waals surface area contributed by atoms with Crippen LogP contribution in [0.1, 0.15) is 25.7 Å². The predicted octanol–water partition coefficient (Wildman–Crippen LogP) is 2.34. The van der Waals surface area contributed by atoms with Gasteiger partial charge in [0.2, 0.25) is 5.91 Å². The largest absolute Gasteiger partial charge is 0.339 e. The molecule has 13 heavy (non-hydrogen) atoms. The lowest BCUT2D eigenvalue weighted by Crippen LogP contribution is -2.34. The van der Waals surface area contributed by atoms with Crippen LogP contribution in [-0.4, -0.2) is 23.9 Å². The van der Waals surface area contributed by atoms with Crippen LogP contribution >= 0.6 is 22.6 Å². The maximum atomic E-state index is 11.6. The van der Waals surface area contributed by atoms with Gasteiger partial charge in [0.05, 0.1) is 0 Å². The fourth-order valence-corrected chi connectivity index (χ4v) is 2.01. The van der Waals surface area contributed by atoms with Gasteiger partial charge in [-0.2, -0.15) is 0 Å². The molecule has 72 valence electrons. The summed E-state index contributed by atoms with van der Waals surface area (Å²) in [4.78, 5) is 13.6. The third-order valence-electron chi connectivity index (χ3n) is 2.67. The first kappa shape index (κ1) is 9.49. The van der Waals surface area contributed by atoms with Crippen LogP contribution in [0.25, 0.3) is 0 Å². The molecule has 0 radical (unpaired) electrons. The average molecular weight is 291 g/mol. The van der Waals surface area contributed by atoms with Crippen molar-refractivity contribution in [2.45, 2.75) is 25.7 Å². The summed E-state index contributed by atoms with van der Waals surface area (Å²) in [5, 5.41) is 0. The van der Waals surface area contributed by atoms with Crippen LogP contribution in [0, 0.1) is 5.92 Å². The minimum Gasteiger partial charge on any atom is -0.339 e. The van der Waals surface area contributed by atoms with Crippen LogP contribution in [0.2, 0.25) is 0 Å². The van der Waals surface area contributed by atoms with Crippen molar-refractivity contribution in [3.05, 3.63) is 9.66 Å². The van der Waals surface area contributed by atoms with Gasteiger partial charge in [-0.15, -0.1) is 0 Å². The Morgan fingerprint density at radius 3 is 2.92 bits per heavy atom. The Kier molecular flexibility index (Phi) is 2.91. The van der Waals surface area contributed by atoms with Gasteiger partial charge in [0.25, 0.3) is 0 Å². The molecule has 0 N–H and O–H groups in total. The molecule has 2 nitrogen and oxygen atoms in total. The maximum absolute atomic E-state index is 11.6. The Morgan fingerprint density at radius 1 is 1.62 bits per heavy atom. The monoisotopic (exact) mass is 291 g/mol. The smallest absolute Gasteiger partial charge is 0.223 e. The van der Waals surface area contributed by atoms with Crippen molar-refractivity contribution in [3.8, 4) is 0 Å². The predicted molar refractivity (Wildman–Crippen MR) is 60.6 cm³/mol. The SMILES string of the molecule is O=C(CC1CC1)N1CC=C(I)CC1. The van der Waals surface area contributed by atoms with Crippen molar-refractivity contribution < 1.29 is 4.79 Å². The van der Waals surface area contributed by atoms with Gasteiger partial charge < -0.3 is 4.90 Å². The quantitative estimate of drug-likeness (QED) is 0.715. The standard InChI is InChI=1S/C10H14INO/c11-9-3-5-12(6-4-9)10(13)7-8-1-2-8/h3,8H,1-2,4-7H2. The van der Waals surface area contributed by atoms with E-state index in [1.807, 2.05) is 4.90 Å². The van der Waals surface area contributed by atoms with Crippen molar-refractivity contribution in [3.63, 3.8) is 0 Å². The molecule has 0 atom stereocenters. The molecular weight excluding hydrogens is 277 g/mol. The molecule has 0 bridgehead atoms. The molecule has 2 aliphatic rings. The van der Waals surface area contributed by atoms with Gasteiger partial charge in [-0.25, -0.2) is 0 Å². The van der Waals surface area contributed by atoms with Crippen molar-refractivity contribution in [2.75, 3.05) is 13.1 Å². The van der Waals surface area contributed by atoms with E-state index in [0.29, 0.717) is 5.91 Å². The van der Waals surface area contributed by atoms with Crippen molar-refractivity contribution in [2.24, 2.45) is 5.92 Å². The fourth-order valence-electron chi connectivity index (χ4n) is 1.57. The Balaban J connectivity index is 1.83. The van der Waals surface area contributed by atoms with E-state index in [-0.39, 0.29) is 0 Å².